The van der Waals surface area contributed by atoms with Crippen LogP contribution in [0.4, 0.5) is 32.0 Å². The maximum absolute atomic E-state index is 13.0. The number of halogens is 6. The summed E-state index contributed by atoms with van der Waals surface area (Å²) in [6, 6.07) is 3.77. The molecule has 1 aliphatic heterocycles. The molecule has 1 aromatic carbocycles. The van der Waals surface area contributed by atoms with E-state index in [2.05, 4.69) is 5.32 Å². The summed E-state index contributed by atoms with van der Waals surface area (Å²) in [5.74, 6) is 0. The SMILES string of the molecule is OC1C=C(C(F)(F)F)c2cc(/C=C/CC(F)(F)F)ccc2N1. The van der Waals surface area contributed by atoms with E-state index in [-0.39, 0.29) is 16.8 Å². The number of alkyl halides is 6. The Morgan fingerprint density at radius 1 is 1.14 bits per heavy atom. The predicted octanol–water partition coefficient (Wildman–Crippen LogP) is 4.34. The third-order valence-electron chi connectivity index (χ3n) is 2.93. The standard InChI is InChI=1S/C14H11F6NO/c15-13(16,17)5-1-2-8-3-4-11-9(6-8)10(14(18,19)20)7-12(22)21-11/h1-4,6-7,12,21-22H,5H2/b2-1+. The van der Waals surface area contributed by atoms with E-state index in [0.29, 0.717) is 6.08 Å². The summed E-state index contributed by atoms with van der Waals surface area (Å²) in [4.78, 5) is 0. The Balaban J connectivity index is 2.33. The highest BCUT2D eigenvalue weighted by atomic mass is 19.4. The Bertz CT molecular complexity index is 615. The van der Waals surface area contributed by atoms with E-state index < -0.39 is 30.6 Å². The number of nitrogens with one attached hydrogen (secondary N) is 1. The second kappa shape index (κ2) is 5.68. The highest BCUT2D eigenvalue weighted by Crippen LogP contribution is 2.40. The molecule has 0 spiro atoms. The van der Waals surface area contributed by atoms with Crippen molar-refractivity contribution in [3.05, 3.63) is 41.5 Å². The van der Waals surface area contributed by atoms with Gasteiger partial charge in [0.05, 0.1) is 12.0 Å². The number of hydrogen-bond acceptors (Lipinski definition) is 2. The van der Waals surface area contributed by atoms with Crippen LogP contribution < -0.4 is 5.32 Å². The monoisotopic (exact) mass is 323 g/mol. The fourth-order valence-corrected chi connectivity index (χ4v) is 2.04. The van der Waals surface area contributed by atoms with Crippen LogP contribution in [-0.4, -0.2) is 23.7 Å². The number of hydrogen-bond donors (Lipinski definition) is 2. The molecule has 0 bridgehead atoms. The van der Waals surface area contributed by atoms with E-state index >= 15 is 0 Å². The van der Waals surface area contributed by atoms with Crippen molar-refractivity contribution in [2.45, 2.75) is 25.0 Å². The van der Waals surface area contributed by atoms with Gasteiger partial charge in [-0.1, -0.05) is 18.2 Å². The fourth-order valence-electron chi connectivity index (χ4n) is 2.04. The summed E-state index contributed by atoms with van der Waals surface area (Å²) in [7, 11) is 0. The Labute approximate surface area is 121 Å². The lowest BCUT2D eigenvalue weighted by atomic mass is 9.96. The van der Waals surface area contributed by atoms with Crippen LogP contribution in [0.5, 0.6) is 0 Å². The van der Waals surface area contributed by atoms with Gasteiger partial charge in [-0.3, -0.25) is 0 Å². The van der Waals surface area contributed by atoms with E-state index in [0.717, 1.165) is 18.2 Å². The molecule has 8 heteroatoms. The molecule has 1 aromatic rings. The minimum atomic E-state index is -4.67. The average molecular weight is 323 g/mol. The third-order valence-corrected chi connectivity index (χ3v) is 2.93. The lowest BCUT2D eigenvalue weighted by Crippen LogP contribution is -2.25. The second-order valence-corrected chi connectivity index (χ2v) is 4.69. The predicted molar refractivity (Wildman–Crippen MR) is 69.8 cm³/mol. The van der Waals surface area contributed by atoms with Gasteiger partial charge >= 0.3 is 12.4 Å². The smallest absolute Gasteiger partial charge is 0.370 e. The normalized spacial score (nSPS) is 18.9. The lowest BCUT2D eigenvalue weighted by molar-refractivity contribution is -0.124. The van der Waals surface area contributed by atoms with Crippen LogP contribution in [0.15, 0.2) is 30.4 Å². The Hall–Kier alpha value is -1.96. The average Bonchev–Trinajstić information content (AvgIpc) is 2.35. The minimum Gasteiger partial charge on any atom is -0.370 e. The number of benzene rings is 1. The zero-order chi connectivity index (χ0) is 16.5. The molecule has 0 radical (unpaired) electrons. The first-order valence-electron chi connectivity index (χ1n) is 6.17. The van der Waals surface area contributed by atoms with Crippen LogP contribution in [0.1, 0.15) is 17.5 Å². The first kappa shape index (κ1) is 16.4. The molecule has 1 atom stereocenters. The first-order valence-corrected chi connectivity index (χ1v) is 6.17. The maximum atomic E-state index is 13.0. The van der Waals surface area contributed by atoms with E-state index in [1.807, 2.05) is 0 Å². The van der Waals surface area contributed by atoms with E-state index in [1.54, 1.807) is 0 Å². The zero-order valence-corrected chi connectivity index (χ0v) is 11.0. The van der Waals surface area contributed by atoms with Crippen molar-refractivity contribution in [1.29, 1.82) is 0 Å². The third kappa shape index (κ3) is 4.03. The van der Waals surface area contributed by atoms with E-state index in [9.17, 15) is 31.4 Å². The van der Waals surface area contributed by atoms with Crippen LogP contribution in [0.3, 0.4) is 0 Å². The van der Waals surface area contributed by atoms with Crippen LogP contribution in [0, 0.1) is 0 Å². The zero-order valence-electron chi connectivity index (χ0n) is 11.0. The molecule has 1 unspecified atom stereocenters. The van der Waals surface area contributed by atoms with Gasteiger partial charge in [-0.2, -0.15) is 26.3 Å². The molecule has 1 aliphatic rings. The highest BCUT2D eigenvalue weighted by Gasteiger charge is 2.38. The largest absolute Gasteiger partial charge is 0.416 e. The Morgan fingerprint density at radius 3 is 2.41 bits per heavy atom. The number of anilines is 1. The minimum absolute atomic E-state index is 0.0651. The van der Waals surface area contributed by atoms with Crippen molar-refractivity contribution in [3.8, 4) is 0 Å². The molecule has 0 aliphatic carbocycles. The highest BCUT2D eigenvalue weighted by molar-refractivity contribution is 5.83. The second-order valence-electron chi connectivity index (χ2n) is 4.69. The summed E-state index contributed by atoms with van der Waals surface area (Å²) >= 11 is 0. The van der Waals surface area contributed by atoms with Crippen molar-refractivity contribution in [2.24, 2.45) is 0 Å². The maximum Gasteiger partial charge on any atom is 0.416 e. The van der Waals surface area contributed by atoms with Crippen LogP contribution in [0.2, 0.25) is 0 Å². The molecule has 0 saturated heterocycles. The number of aliphatic hydroxyl groups excluding tert-OH is 1. The topological polar surface area (TPSA) is 32.3 Å². The van der Waals surface area contributed by atoms with Gasteiger partial charge in [0.1, 0.15) is 6.23 Å². The molecule has 2 nitrogen and oxygen atoms in total. The van der Waals surface area contributed by atoms with E-state index in [4.69, 9.17) is 0 Å². The molecule has 1 heterocycles. The summed E-state index contributed by atoms with van der Waals surface area (Å²) in [6.45, 7) is 0. The van der Waals surface area contributed by atoms with Gasteiger partial charge < -0.3 is 10.4 Å². The van der Waals surface area contributed by atoms with Crippen LogP contribution in [0.25, 0.3) is 11.6 Å². The first-order chi connectivity index (χ1) is 10.1. The molecular formula is C14H11F6NO. The van der Waals surface area contributed by atoms with Gasteiger partial charge in [0.2, 0.25) is 0 Å². The van der Waals surface area contributed by atoms with Crippen molar-refractivity contribution in [2.75, 3.05) is 5.32 Å². The Kier molecular flexibility index (Phi) is 4.23. The van der Waals surface area contributed by atoms with Crippen molar-refractivity contribution >= 4 is 17.3 Å². The lowest BCUT2D eigenvalue weighted by Gasteiger charge is -2.25. The number of fused-ring (bicyclic) bond motifs is 1. The summed E-state index contributed by atoms with van der Waals surface area (Å²) in [6.07, 6.45) is -9.12. The molecule has 120 valence electrons. The van der Waals surface area contributed by atoms with E-state index in [1.165, 1.54) is 12.1 Å². The molecule has 0 aromatic heterocycles. The summed E-state index contributed by atoms with van der Waals surface area (Å²) in [5, 5.41) is 11.8. The molecule has 0 amide bonds. The van der Waals surface area contributed by atoms with Gasteiger partial charge in [0.25, 0.3) is 0 Å². The Morgan fingerprint density at radius 2 is 1.82 bits per heavy atom. The van der Waals surface area contributed by atoms with Gasteiger partial charge in [-0.05, 0) is 23.8 Å². The molecule has 0 saturated carbocycles. The van der Waals surface area contributed by atoms with Crippen molar-refractivity contribution < 1.29 is 31.4 Å². The summed E-state index contributed by atoms with van der Waals surface area (Å²) < 4.78 is 75.0. The van der Waals surface area contributed by atoms with Gasteiger partial charge in [-0.25, -0.2) is 0 Å². The van der Waals surface area contributed by atoms with Crippen molar-refractivity contribution in [1.82, 2.24) is 0 Å². The number of allylic oxidation sites excluding steroid dienone is 2. The van der Waals surface area contributed by atoms with Crippen LogP contribution in [-0.2, 0) is 0 Å². The van der Waals surface area contributed by atoms with Crippen LogP contribution >= 0.6 is 0 Å². The molecular weight excluding hydrogens is 312 g/mol. The molecule has 2 rings (SSSR count). The fraction of sp³-hybridized carbons (Fsp3) is 0.286. The van der Waals surface area contributed by atoms with Gasteiger partial charge in [0.15, 0.2) is 0 Å². The quantitative estimate of drug-likeness (QED) is 0.794. The van der Waals surface area contributed by atoms with Gasteiger partial charge in [-0.15, -0.1) is 0 Å². The van der Waals surface area contributed by atoms with Crippen molar-refractivity contribution in [3.63, 3.8) is 0 Å². The number of rotatable bonds is 2. The molecule has 22 heavy (non-hydrogen) atoms. The summed E-state index contributed by atoms with van der Waals surface area (Å²) in [5.41, 5.74) is -0.974. The molecule has 0 fully saturated rings. The molecule has 2 N–H and O–H groups in total. The van der Waals surface area contributed by atoms with Gasteiger partial charge in [0, 0.05) is 11.3 Å². The number of aliphatic hydroxyl groups is 1.